The first-order valence-corrected chi connectivity index (χ1v) is 9.07. The number of halogens is 1. The molecule has 1 atom stereocenters. The zero-order chi connectivity index (χ0) is 14.8. The molecular formula is C14H17BrN2O2S. The number of hydrogen-bond acceptors (Lipinski definition) is 4. The van der Waals surface area contributed by atoms with E-state index in [0.29, 0.717) is 6.42 Å². The maximum atomic E-state index is 11.3. The lowest BCUT2D eigenvalue weighted by atomic mass is 10.0. The lowest BCUT2D eigenvalue weighted by molar-refractivity contribution is 0.531. The molecule has 0 spiro atoms. The summed E-state index contributed by atoms with van der Waals surface area (Å²) in [6, 6.07) is 11.9. The van der Waals surface area contributed by atoms with E-state index in [1.807, 2.05) is 36.4 Å². The molecule has 3 N–H and O–H groups in total. The van der Waals surface area contributed by atoms with Gasteiger partial charge in [-0.3, -0.25) is 11.3 Å². The van der Waals surface area contributed by atoms with Crippen LogP contribution >= 0.6 is 15.9 Å². The smallest absolute Gasteiger partial charge is 0.147 e. The Balaban J connectivity index is 2.28. The van der Waals surface area contributed by atoms with Gasteiger partial charge in [0.15, 0.2) is 0 Å². The molecule has 0 amide bonds. The van der Waals surface area contributed by atoms with Gasteiger partial charge in [-0.25, -0.2) is 8.42 Å². The zero-order valence-electron chi connectivity index (χ0n) is 11.1. The van der Waals surface area contributed by atoms with Crippen LogP contribution < -0.4 is 11.3 Å². The molecule has 0 radical (unpaired) electrons. The fourth-order valence-corrected chi connectivity index (χ4v) is 3.17. The summed E-state index contributed by atoms with van der Waals surface area (Å²) in [6.07, 6.45) is 1.69. The van der Waals surface area contributed by atoms with Crippen molar-refractivity contribution >= 4 is 36.5 Å². The second-order valence-electron chi connectivity index (χ2n) is 4.89. The molecule has 20 heavy (non-hydrogen) atoms. The Morgan fingerprint density at radius 2 is 1.85 bits per heavy atom. The number of nitrogens with one attached hydrogen (secondary N) is 1. The summed E-state index contributed by atoms with van der Waals surface area (Å²) in [6.45, 7) is 0. The van der Waals surface area contributed by atoms with Crippen LogP contribution in [0.15, 0.2) is 40.9 Å². The van der Waals surface area contributed by atoms with E-state index in [1.54, 1.807) is 0 Å². The van der Waals surface area contributed by atoms with Crippen molar-refractivity contribution in [3.63, 3.8) is 0 Å². The van der Waals surface area contributed by atoms with Gasteiger partial charge in [0, 0.05) is 16.8 Å². The highest BCUT2D eigenvalue weighted by molar-refractivity contribution is 9.10. The van der Waals surface area contributed by atoms with Crippen LogP contribution in [0.4, 0.5) is 0 Å². The molecule has 2 aromatic rings. The molecule has 108 valence electrons. The first-order valence-electron chi connectivity index (χ1n) is 6.22. The molecule has 6 heteroatoms. The summed E-state index contributed by atoms with van der Waals surface area (Å²) in [7, 11) is -2.99. The van der Waals surface area contributed by atoms with E-state index in [1.165, 1.54) is 6.26 Å². The average Bonchev–Trinajstić information content (AvgIpc) is 2.38. The number of benzene rings is 2. The Hall–Kier alpha value is -0.950. The first kappa shape index (κ1) is 15.4. The molecule has 4 nitrogen and oxygen atoms in total. The lowest BCUT2D eigenvalue weighted by Crippen LogP contribution is -2.29. The number of nitrogens with two attached hydrogens (primary N) is 1. The number of rotatable bonds is 5. The van der Waals surface area contributed by atoms with Crippen LogP contribution in [0.1, 0.15) is 18.0 Å². The molecule has 0 fully saturated rings. The number of fused-ring (bicyclic) bond motifs is 1. The molecule has 0 saturated carbocycles. The van der Waals surface area contributed by atoms with E-state index in [0.717, 1.165) is 20.8 Å². The van der Waals surface area contributed by atoms with Gasteiger partial charge < -0.3 is 0 Å². The van der Waals surface area contributed by atoms with Gasteiger partial charge in [-0.15, -0.1) is 0 Å². The summed E-state index contributed by atoms with van der Waals surface area (Å²) in [5.74, 6) is 5.66. The topological polar surface area (TPSA) is 72.2 Å². The quantitative estimate of drug-likeness (QED) is 0.637. The number of hydrazine groups is 1. The van der Waals surface area contributed by atoms with Crippen molar-refractivity contribution in [2.75, 3.05) is 12.0 Å². The molecule has 0 aliphatic carbocycles. The van der Waals surface area contributed by atoms with Crippen LogP contribution in [0.2, 0.25) is 0 Å². The van der Waals surface area contributed by atoms with Crippen molar-refractivity contribution in [1.29, 1.82) is 0 Å². The third kappa shape index (κ3) is 4.02. The summed E-state index contributed by atoms with van der Waals surface area (Å²) in [4.78, 5) is 0. The molecule has 0 aliphatic rings. The fourth-order valence-electron chi connectivity index (χ4n) is 2.13. The largest absolute Gasteiger partial charge is 0.271 e. The Morgan fingerprint density at radius 3 is 2.50 bits per heavy atom. The van der Waals surface area contributed by atoms with Crippen molar-refractivity contribution in [2.24, 2.45) is 5.84 Å². The van der Waals surface area contributed by atoms with Crippen LogP contribution in [0.5, 0.6) is 0 Å². The van der Waals surface area contributed by atoms with Crippen molar-refractivity contribution in [3.8, 4) is 0 Å². The lowest BCUT2D eigenvalue weighted by Gasteiger charge is -2.16. The van der Waals surface area contributed by atoms with E-state index >= 15 is 0 Å². The van der Waals surface area contributed by atoms with Crippen molar-refractivity contribution in [2.45, 2.75) is 12.5 Å². The molecule has 2 rings (SSSR count). The van der Waals surface area contributed by atoms with Gasteiger partial charge in [0.2, 0.25) is 0 Å². The minimum atomic E-state index is -2.99. The zero-order valence-corrected chi connectivity index (χ0v) is 13.5. The molecule has 0 bridgehead atoms. The highest BCUT2D eigenvalue weighted by Crippen LogP contribution is 2.25. The van der Waals surface area contributed by atoms with Crippen LogP contribution in [0.3, 0.4) is 0 Å². The summed E-state index contributed by atoms with van der Waals surface area (Å²) in [5, 5.41) is 2.23. The third-order valence-corrected chi connectivity index (χ3v) is 4.68. The first-order chi connectivity index (χ1) is 9.39. The maximum Gasteiger partial charge on any atom is 0.147 e. The predicted molar refractivity (Wildman–Crippen MR) is 86.0 cm³/mol. The minimum Gasteiger partial charge on any atom is -0.271 e. The molecule has 0 aliphatic heterocycles. The summed E-state index contributed by atoms with van der Waals surface area (Å²) < 4.78 is 23.5. The van der Waals surface area contributed by atoms with Gasteiger partial charge in [0.25, 0.3) is 0 Å². The maximum absolute atomic E-state index is 11.3. The molecule has 0 heterocycles. The third-order valence-electron chi connectivity index (χ3n) is 3.21. The van der Waals surface area contributed by atoms with Gasteiger partial charge >= 0.3 is 0 Å². The molecular weight excluding hydrogens is 340 g/mol. The van der Waals surface area contributed by atoms with Gasteiger partial charge in [-0.1, -0.05) is 34.1 Å². The van der Waals surface area contributed by atoms with Gasteiger partial charge in [-0.2, -0.15) is 0 Å². The predicted octanol–water partition coefficient (Wildman–Crippen LogP) is 2.54. The standard InChI is InChI=1S/C14H17BrN2O2S/c1-20(18,19)7-6-14(17-16)12-3-2-11-9-13(15)5-4-10(11)8-12/h2-5,8-9,14,17H,6-7,16H2,1H3. The van der Waals surface area contributed by atoms with E-state index in [4.69, 9.17) is 5.84 Å². The Kier molecular flexibility index (Phi) is 4.80. The van der Waals surface area contributed by atoms with Crippen LogP contribution in [-0.4, -0.2) is 20.4 Å². The van der Waals surface area contributed by atoms with Crippen molar-refractivity contribution in [3.05, 3.63) is 46.4 Å². The SMILES string of the molecule is CS(=O)(=O)CCC(NN)c1ccc2cc(Br)ccc2c1. The second kappa shape index (κ2) is 6.22. The number of sulfone groups is 1. The second-order valence-corrected chi connectivity index (χ2v) is 8.06. The molecule has 1 unspecified atom stereocenters. The molecule has 0 aromatic heterocycles. The summed E-state index contributed by atoms with van der Waals surface area (Å²) >= 11 is 3.44. The molecule has 0 saturated heterocycles. The van der Waals surface area contributed by atoms with Gasteiger partial charge in [0.1, 0.15) is 9.84 Å². The molecule has 2 aromatic carbocycles. The normalized spacial score (nSPS) is 13.6. The average molecular weight is 357 g/mol. The Labute approximate surface area is 127 Å². The van der Waals surface area contributed by atoms with E-state index in [9.17, 15) is 8.42 Å². The van der Waals surface area contributed by atoms with Crippen LogP contribution in [-0.2, 0) is 9.84 Å². The summed E-state index contributed by atoms with van der Waals surface area (Å²) in [5.41, 5.74) is 3.68. The number of hydrogen-bond donors (Lipinski definition) is 2. The monoisotopic (exact) mass is 356 g/mol. The van der Waals surface area contributed by atoms with Crippen molar-refractivity contribution < 1.29 is 8.42 Å². The van der Waals surface area contributed by atoms with E-state index in [-0.39, 0.29) is 11.8 Å². The Morgan fingerprint density at radius 1 is 1.20 bits per heavy atom. The van der Waals surface area contributed by atoms with Gasteiger partial charge in [0.05, 0.1) is 5.75 Å². The van der Waals surface area contributed by atoms with Crippen LogP contribution in [0, 0.1) is 0 Å². The van der Waals surface area contributed by atoms with E-state index in [2.05, 4.69) is 21.4 Å². The highest BCUT2D eigenvalue weighted by Gasteiger charge is 2.13. The minimum absolute atomic E-state index is 0.111. The Bertz CT molecular complexity index is 716. The fraction of sp³-hybridized carbons (Fsp3) is 0.286. The van der Waals surface area contributed by atoms with Crippen molar-refractivity contribution in [1.82, 2.24) is 5.43 Å². The van der Waals surface area contributed by atoms with Crippen LogP contribution in [0.25, 0.3) is 10.8 Å². The van der Waals surface area contributed by atoms with Gasteiger partial charge in [-0.05, 0) is 41.0 Å². The van der Waals surface area contributed by atoms with E-state index < -0.39 is 9.84 Å². The highest BCUT2D eigenvalue weighted by atomic mass is 79.9.